The molecule has 0 bridgehead atoms. The normalized spacial score (nSPS) is 11.1. The van der Waals surface area contributed by atoms with E-state index in [1.807, 2.05) is 0 Å². The Morgan fingerprint density at radius 1 is 0.457 bits per heavy atom. The van der Waals surface area contributed by atoms with Crippen LogP contribution in [0.3, 0.4) is 0 Å². The Bertz CT molecular complexity index is 642. The summed E-state index contributed by atoms with van der Waals surface area (Å²) < 4.78 is 20.8. The van der Waals surface area contributed by atoms with Gasteiger partial charge in [0.05, 0.1) is 5.88 Å². The minimum atomic E-state index is -0.925. The number of halogens is 1. The molecule has 46 heavy (non-hydrogen) atoms. The van der Waals surface area contributed by atoms with Crippen LogP contribution in [0.1, 0.15) is 194 Å². The van der Waals surface area contributed by atoms with Crippen LogP contribution < -0.4 is 0 Å². The van der Waals surface area contributed by atoms with E-state index in [-0.39, 0.29) is 37.6 Å². The number of carbonyl (C=O) groups excluding carboxylic acids is 3. The van der Waals surface area contributed by atoms with Crippen molar-refractivity contribution in [2.24, 2.45) is 0 Å². The highest BCUT2D eigenvalue weighted by Gasteiger charge is 2.20. The number of hydrogen-bond acceptors (Lipinski definition) is 7. The van der Waals surface area contributed by atoms with Gasteiger partial charge in [0, 0.05) is 12.8 Å². The zero-order valence-corrected chi connectivity index (χ0v) is 30.7. The third kappa shape index (κ3) is 33.9. The quantitative estimate of drug-likeness (QED) is 0.0286. The molecule has 0 saturated carbocycles. The average Bonchev–Trinajstić information content (AvgIpc) is 3.05. The molecule has 0 aromatic carbocycles. The summed E-state index contributed by atoms with van der Waals surface area (Å²) in [6.07, 6.45) is 31.0. The van der Waals surface area contributed by atoms with E-state index in [4.69, 9.17) is 30.5 Å². The smallest absolute Gasteiger partial charge is 0.462 e. The lowest BCUT2D eigenvalue weighted by Crippen LogP contribution is -2.31. The van der Waals surface area contributed by atoms with E-state index >= 15 is 0 Å². The van der Waals surface area contributed by atoms with Gasteiger partial charge in [0.2, 0.25) is 0 Å². The minimum absolute atomic E-state index is 0.00474. The van der Waals surface area contributed by atoms with Gasteiger partial charge in [-0.3, -0.25) is 9.59 Å². The van der Waals surface area contributed by atoms with Crippen molar-refractivity contribution in [3.05, 3.63) is 0 Å². The molecule has 0 rings (SSSR count). The van der Waals surface area contributed by atoms with Crippen molar-refractivity contribution in [2.75, 3.05) is 25.7 Å². The monoisotopic (exact) mass is 674 g/mol. The average molecular weight is 675 g/mol. The van der Waals surface area contributed by atoms with E-state index in [1.54, 1.807) is 0 Å². The summed E-state index contributed by atoms with van der Waals surface area (Å²) in [5, 5.41) is 0. The Labute approximate surface area is 287 Å². The first kappa shape index (κ1) is 44.5. The number of hydrogen-bond donors (Lipinski definition) is 0. The third-order valence-corrected chi connectivity index (χ3v) is 8.54. The van der Waals surface area contributed by atoms with E-state index in [0.717, 1.165) is 38.5 Å². The molecule has 0 aliphatic carbocycles. The Morgan fingerprint density at radius 2 is 0.761 bits per heavy atom. The molecule has 0 saturated heterocycles. The van der Waals surface area contributed by atoms with Gasteiger partial charge >= 0.3 is 18.1 Å². The Morgan fingerprint density at radius 3 is 1.07 bits per heavy atom. The van der Waals surface area contributed by atoms with Crippen LogP contribution in [0, 0.1) is 0 Å². The second-order valence-corrected chi connectivity index (χ2v) is 13.3. The van der Waals surface area contributed by atoms with Crippen molar-refractivity contribution >= 4 is 29.7 Å². The van der Waals surface area contributed by atoms with Crippen LogP contribution in [-0.4, -0.2) is 49.9 Å². The van der Waals surface area contributed by atoms with Crippen LogP contribution in [-0.2, 0) is 28.5 Å². The molecule has 0 heterocycles. The molecule has 0 aliphatic heterocycles. The highest BCUT2D eigenvalue weighted by molar-refractivity contribution is 6.18. The van der Waals surface area contributed by atoms with E-state index in [9.17, 15) is 14.4 Å². The van der Waals surface area contributed by atoms with Crippen LogP contribution >= 0.6 is 11.6 Å². The van der Waals surface area contributed by atoms with Gasteiger partial charge in [-0.2, -0.15) is 0 Å². The van der Waals surface area contributed by atoms with Crippen molar-refractivity contribution < 1.29 is 33.3 Å². The number of unbranched alkanes of at least 4 members (excludes halogenated alkanes) is 24. The molecular weight excluding hydrogens is 604 g/mol. The summed E-state index contributed by atoms with van der Waals surface area (Å²) in [5.74, 6) is -0.546. The van der Waals surface area contributed by atoms with Gasteiger partial charge in [0.1, 0.15) is 19.8 Å². The number of esters is 2. The molecule has 7 nitrogen and oxygen atoms in total. The Balaban J connectivity index is 3.99. The minimum Gasteiger partial charge on any atom is -0.462 e. The molecule has 0 aromatic heterocycles. The van der Waals surface area contributed by atoms with Gasteiger partial charge in [-0.25, -0.2) is 4.79 Å². The number of carbonyl (C=O) groups is 3. The standard InChI is InChI=1S/C38H71ClO7/c1-3-5-7-9-11-13-15-17-19-21-23-25-27-29-36(40)44-33-35(46-38(42)43-32-31-39)34-45-37(41)30-28-26-24-22-20-18-16-14-12-10-8-6-4-2/h35H,3-34H2,1-2H3. The van der Waals surface area contributed by atoms with Gasteiger partial charge in [0.25, 0.3) is 0 Å². The lowest BCUT2D eigenvalue weighted by molar-refractivity contribution is -0.153. The topological polar surface area (TPSA) is 88.1 Å². The fraction of sp³-hybridized carbons (Fsp3) is 0.921. The molecule has 0 radical (unpaired) electrons. The molecule has 8 heteroatoms. The highest BCUT2D eigenvalue weighted by atomic mass is 35.5. The van der Waals surface area contributed by atoms with Crippen molar-refractivity contribution in [1.29, 1.82) is 0 Å². The molecule has 0 fully saturated rings. The second kappa shape index (κ2) is 36.3. The van der Waals surface area contributed by atoms with Crippen LogP contribution in [0.25, 0.3) is 0 Å². The molecule has 0 unspecified atom stereocenters. The molecule has 0 N–H and O–H groups in total. The molecule has 0 spiro atoms. The molecule has 0 atom stereocenters. The fourth-order valence-electron chi connectivity index (χ4n) is 5.50. The van der Waals surface area contributed by atoms with E-state index in [2.05, 4.69) is 13.8 Å². The summed E-state index contributed by atoms with van der Waals surface area (Å²) >= 11 is 5.57. The van der Waals surface area contributed by atoms with Crippen molar-refractivity contribution in [2.45, 2.75) is 200 Å². The largest absolute Gasteiger partial charge is 0.508 e. The molecule has 0 aromatic rings. The number of ether oxygens (including phenoxy) is 4. The summed E-state index contributed by atoms with van der Waals surface area (Å²) in [4.78, 5) is 36.5. The lowest BCUT2D eigenvalue weighted by atomic mass is 10.0. The fourth-order valence-corrected chi connectivity index (χ4v) is 5.58. The first-order chi connectivity index (χ1) is 22.5. The van der Waals surface area contributed by atoms with Gasteiger partial charge in [-0.05, 0) is 12.8 Å². The summed E-state index contributed by atoms with van der Waals surface area (Å²) in [5.41, 5.74) is 0. The Hall–Kier alpha value is -1.50. The van der Waals surface area contributed by atoms with Crippen LogP contribution in [0.2, 0.25) is 0 Å². The first-order valence-electron chi connectivity index (χ1n) is 19.2. The maximum atomic E-state index is 12.3. The van der Waals surface area contributed by atoms with E-state index < -0.39 is 12.3 Å². The van der Waals surface area contributed by atoms with Crippen LogP contribution in [0.15, 0.2) is 0 Å². The molecule has 272 valence electrons. The van der Waals surface area contributed by atoms with E-state index in [1.165, 1.54) is 128 Å². The summed E-state index contributed by atoms with van der Waals surface area (Å²) in [7, 11) is 0. The summed E-state index contributed by atoms with van der Waals surface area (Å²) in [6.45, 7) is 4.15. The Kier molecular flexibility index (Phi) is 35.2. The molecule has 0 aliphatic rings. The molecule has 0 amide bonds. The summed E-state index contributed by atoms with van der Waals surface area (Å²) in [6, 6.07) is 0. The van der Waals surface area contributed by atoms with Gasteiger partial charge in [-0.1, -0.05) is 168 Å². The predicted molar refractivity (Wildman–Crippen MR) is 189 cm³/mol. The number of rotatable bonds is 35. The van der Waals surface area contributed by atoms with Crippen molar-refractivity contribution in [1.82, 2.24) is 0 Å². The maximum Gasteiger partial charge on any atom is 0.508 e. The van der Waals surface area contributed by atoms with Gasteiger partial charge in [0.15, 0.2) is 6.10 Å². The van der Waals surface area contributed by atoms with Crippen molar-refractivity contribution in [3.63, 3.8) is 0 Å². The highest BCUT2D eigenvalue weighted by Crippen LogP contribution is 2.15. The zero-order valence-electron chi connectivity index (χ0n) is 29.9. The van der Waals surface area contributed by atoms with Crippen molar-refractivity contribution in [3.8, 4) is 0 Å². The van der Waals surface area contributed by atoms with Crippen LogP contribution in [0.5, 0.6) is 0 Å². The zero-order chi connectivity index (χ0) is 33.8. The van der Waals surface area contributed by atoms with E-state index in [0.29, 0.717) is 12.8 Å². The predicted octanol–water partition coefficient (Wildman–Crippen LogP) is 11.8. The van der Waals surface area contributed by atoms with Gasteiger partial charge in [-0.15, -0.1) is 11.6 Å². The SMILES string of the molecule is CCCCCCCCCCCCCCCC(=O)OCC(COC(=O)CCCCCCCCCCCCCCC)OC(=O)OCCCl. The third-order valence-electron chi connectivity index (χ3n) is 8.39. The second-order valence-electron chi connectivity index (χ2n) is 12.9. The van der Waals surface area contributed by atoms with Gasteiger partial charge < -0.3 is 18.9 Å². The van der Waals surface area contributed by atoms with Crippen LogP contribution in [0.4, 0.5) is 4.79 Å². The lowest BCUT2D eigenvalue weighted by Gasteiger charge is -2.17. The maximum absolute atomic E-state index is 12.3. The first-order valence-corrected chi connectivity index (χ1v) is 19.8. The molecular formula is C38H71ClO7. The number of alkyl halides is 1.